The molecular formula is C24H30FN7O. The van der Waals surface area contributed by atoms with Gasteiger partial charge in [-0.15, -0.1) is 0 Å². The van der Waals surface area contributed by atoms with Crippen molar-refractivity contribution in [3.05, 3.63) is 60.2 Å². The van der Waals surface area contributed by atoms with Gasteiger partial charge in [-0.2, -0.15) is 0 Å². The second-order valence-corrected chi connectivity index (χ2v) is 8.09. The van der Waals surface area contributed by atoms with E-state index in [1.54, 1.807) is 17.0 Å². The lowest BCUT2D eigenvalue weighted by Gasteiger charge is -2.34. The van der Waals surface area contributed by atoms with Crippen LogP contribution < -0.4 is 16.0 Å². The number of carbonyl (C=O) groups excluding carboxylic acids is 1. The molecule has 2 heterocycles. The molecule has 0 spiro atoms. The highest BCUT2D eigenvalue weighted by molar-refractivity contribution is 5.89. The van der Waals surface area contributed by atoms with E-state index in [1.807, 2.05) is 31.3 Å². The van der Waals surface area contributed by atoms with Gasteiger partial charge in [0.1, 0.15) is 17.5 Å². The summed E-state index contributed by atoms with van der Waals surface area (Å²) in [5.74, 6) is 1.31. The van der Waals surface area contributed by atoms with E-state index in [4.69, 9.17) is 9.97 Å². The molecule has 1 aliphatic heterocycles. The number of hydrogen-bond acceptors (Lipinski definition) is 6. The molecule has 0 bridgehead atoms. The van der Waals surface area contributed by atoms with Gasteiger partial charge in [0.05, 0.1) is 12.1 Å². The number of hydrogen-bond donors (Lipinski definition) is 3. The summed E-state index contributed by atoms with van der Waals surface area (Å²) in [6.07, 6.45) is 1.01. The number of fused-ring (bicyclic) bond motifs is 1. The minimum Gasteiger partial charge on any atom is -0.369 e. The van der Waals surface area contributed by atoms with Crippen molar-refractivity contribution < 1.29 is 9.18 Å². The summed E-state index contributed by atoms with van der Waals surface area (Å²) in [6, 6.07) is 13.7. The molecule has 174 valence electrons. The van der Waals surface area contributed by atoms with Gasteiger partial charge in [-0.05, 0) is 56.4 Å². The van der Waals surface area contributed by atoms with Gasteiger partial charge in [-0.3, -0.25) is 4.90 Å². The molecule has 1 aliphatic rings. The number of nitrogens with one attached hydrogen (secondary N) is 3. The number of carbonyl (C=O) groups is 1. The van der Waals surface area contributed by atoms with Gasteiger partial charge in [0, 0.05) is 43.8 Å². The molecule has 3 aromatic rings. The summed E-state index contributed by atoms with van der Waals surface area (Å²) in [4.78, 5) is 26.1. The van der Waals surface area contributed by atoms with Crippen LogP contribution in [0.25, 0.3) is 10.9 Å². The summed E-state index contributed by atoms with van der Waals surface area (Å²) >= 11 is 0. The Morgan fingerprint density at radius 3 is 2.52 bits per heavy atom. The first kappa shape index (κ1) is 22.9. The lowest BCUT2D eigenvalue weighted by molar-refractivity contribution is 0.141. The zero-order chi connectivity index (χ0) is 23.0. The molecule has 2 amide bonds. The average molecular weight is 452 g/mol. The van der Waals surface area contributed by atoms with Crippen LogP contribution in [0.15, 0.2) is 48.5 Å². The Balaban J connectivity index is 1.35. The fourth-order valence-corrected chi connectivity index (χ4v) is 3.85. The molecule has 3 N–H and O–H groups in total. The van der Waals surface area contributed by atoms with Gasteiger partial charge in [0.25, 0.3) is 0 Å². The molecule has 4 rings (SSSR count). The van der Waals surface area contributed by atoms with E-state index in [-0.39, 0.29) is 11.8 Å². The van der Waals surface area contributed by atoms with Crippen molar-refractivity contribution in [1.29, 1.82) is 0 Å². The summed E-state index contributed by atoms with van der Waals surface area (Å²) < 4.78 is 13.1. The van der Waals surface area contributed by atoms with Crippen LogP contribution in [0.5, 0.6) is 0 Å². The monoisotopic (exact) mass is 451 g/mol. The summed E-state index contributed by atoms with van der Waals surface area (Å²) in [6.45, 7) is 5.09. The first-order chi connectivity index (χ1) is 16.1. The Kier molecular flexibility index (Phi) is 7.64. The number of para-hydroxylation sites is 1. The van der Waals surface area contributed by atoms with Crippen LogP contribution in [-0.4, -0.2) is 72.1 Å². The zero-order valence-corrected chi connectivity index (χ0v) is 18.9. The van der Waals surface area contributed by atoms with Crippen LogP contribution in [0.4, 0.5) is 20.7 Å². The van der Waals surface area contributed by atoms with Crippen LogP contribution in [0.1, 0.15) is 12.2 Å². The van der Waals surface area contributed by atoms with Gasteiger partial charge in [-0.1, -0.05) is 12.1 Å². The Labute approximate surface area is 193 Å². The van der Waals surface area contributed by atoms with Crippen molar-refractivity contribution in [2.45, 2.75) is 13.0 Å². The van der Waals surface area contributed by atoms with Crippen LogP contribution in [0.3, 0.4) is 0 Å². The molecule has 1 saturated heterocycles. The SMILES string of the molecule is CNCCCNc1nc(CN2CCN(C(=O)Nc3ccc(F)cc3)CC2)nc2ccccc12. The topological polar surface area (TPSA) is 85.4 Å². The Hall–Kier alpha value is -3.30. The largest absolute Gasteiger partial charge is 0.369 e. The van der Waals surface area contributed by atoms with Crippen molar-refractivity contribution in [2.24, 2.45) is 0 Å². The number of halogens is 1. The van der Waals surface area contributed by atoms with Crippen molar-refractivity contribution in [1.82, 2.24) is 25.1 Å². The fraction of sp³-hybridized carbons (Fsp3) is 0.375. The lowest BCUT2D eigenvalue weighted by Crippen LogP contribution is -2.49. The number of urea groups is 1. The number of piperazine rings is 1. The number of benzene rings is 2. The average Bonchev–Trinajstić information content (AvgIpc) is 2.83. The predicted octanol–water partition coefficient (Wildman–Crippen LogP) is 3.14. The standard InChI is InChI=1S/C24H30FN7O/c1-26-11-4-12-27-23-20-5-2-3-6-21(20)29-22(30-23)17-31-13-15-32(16-14-31)24(33)28-19-9-7-18(25)8-10-19/h2-3,5-10,26H,4,11-17H2,1H3,(H,28,33)(H,27,29,30). The number of anilines is 2. The van der Waals surface area contributed by atoms with E-state index in [0.717, 1.165) is 55.1 Å². The molecule has 1 fully saturated rings. The normalized spacial score (nSPS) is 14.4. The molecule has 9 heteroatoms. The molecule has 8 nitrogen and oxygen atoms in total. The molecule has 0 saturated carbocycles. The van der Waals surface area contributed by atoms with E-state index in [0.29, 0.717) is 25.3 Å². The molecular weight excluding hydrogens is 421 g/mol. The Morgan fingerprint density at radius 2 is 1.76 bits per heavy atom. The van der Waals surface area contributed by atoms with Crippen molar-refractivity contribution in [2.75, 3.05) is 56.9 Å². The minimum atomic E-state index is -0.325. The number of nitrogens with zero attached hydrogens (tertiary/aromatic N) is 4. The molecule has 0 aliphatic carbocycles. The van der Waals surface area contributed by atoms with Crippen LogP contribution in [0.2, 0.25) is 0 Å². The third-order valence-corrected chi connectivity index (χ3v) is 5.67. The second kappa shape index (κ2) is 11.0. The summed E-state index contributed by atoms with van der Waals surface area (Å²) in [7, 11) is 1.95. The third-order valence-electron chi connectivity index (χ3n) is 5.67. The molecule has 1 aromatic heterocycles. The number of amides is 2. The quantitative estimate of drug-likeness (QED) is 0.457. The van der Waals surface area contributed by atoms with Gasteiger partial charge in [0.15, 0.2) is 0 Å². The van der Waals surface area contributed by atoms with Gasteiger partial charge in [-0.25, -0.2) is 19.2 Å². The molecule has 0 unspecified atom stereocenters. The van der Waals surface area contributed by atoms with Gasteiger partial charge in [0.2, 0.25) is 0 Å². The highest BCUT2D eigenvalue weighted by Crippen LogP contribution is 2.21. The van der Waals surface area contributed by atoms with Gasteiger partial charge < -0.3 is 20.9 Å². The first-order valence-corrected chi connectivity index (χ1v) is 11.3. The molecule has 0 atom stereocenters. The first-order valence-electron chi connectivity index (χ1n) is 11.3. The Bertz CT molecular complexity index is 1070. The molecule has 2 aromatic carbocycles. The fourth-order valence-electron chi connectivity index (χ4n) is 3.85. The zero-order valence-electron chi connectivity index (χ0n) is 18.9. The van der Waals surface area contributed by atoms with Gasteiger partial charge >= 0.3 is 6.03 Å². The van der Waals surface area contributed by atoms with Crippen molar-refractivity contribution >= 4 is 28.4 Å². The maximum absolute atomic E-state index is 13.1. The van der Waals surface area contributed by atoms with E-state index in [2.05, 4.69) is 20.9 Å². The minimum absolute atomic E-state index is 0.170. The predicted molar refractivity (Wildman–Crippen MR) is 129 cm³/mol. The van der Waals surface area contributed by atoms with E-state index >= 15 is 0 Å². The second-order valence-electron chi connectivity index (χ2n) is 8.09. The maximum atomic E-state index is 13.1. The maximum Gasteiger partial charge on any atom is 0.321 e. The van der Waals surface area contributed by atoms with Crippen molar-refractivity contribution in [3.63, 3.8) is 0 Å². The highest BCUT2D eigenvalue weighted by atomic mass is 19.1. The van der Waals surface area contributed by atoms with Crippen LogP contribution in [-0.2, 0) is 6.54 Å². The summed E-state index contributed by atoms with van der Waals surface area (Å²) in [5.41, 5.74) is 1.51. The molecule has 0 radical (unpaired) electrons. The third kappa shape index (κ3) is 6.15. The van der Waals surface area contributed by atoms with Crippen LogP contribution >= 0.6 is 0 Å². The smallest absolute Gasteiger partial charge is 0.321 e. The number of aromatic nitrogens is 2. The van der Waals surface area contributed by atoms with Crippen molar-refractivity contribution in [3.8, 4) is 0 Å². The highest BCUT2D eigenvalue weighted by Gasteiger charge is 2.22. The summed E-state index contributed by atoms with van der Waals surface area (Å²) in [5, 5.41) is 10.5. The lowest BCUT2D eigenvalue weighted by atomic mass is 10.2. The molecule has 33 heavy (non-hydrogen) atoms. The Morgan fingerprint density at radius 1 is 1.00 bits per heavy atom. The number of rotatable bonds is 8. The van der Waals surface area contributed by atoms with E-state index < -0.39 is 0 Å². The van der Waals surface area contributed by atoms with Crippen LogP contribution in [0, 0.1) is 5.82 Å². The van der Waals surface area contributed by atoms with E-state index in [9.17, 15) is 9.18 Å². The van der Waals surface area contributed by atoms with E-state index in [1.165, 1.54) is 12.1 Å².